The van der Waals surface area contributed by atoms with Crippen LogP contribution in [-0.4, -0.2) is 28.8 Å². The van der Waals surface area contributed by atoms with E-state index in [9.17, 15) is 4.79 Å². The van der Waals surface area contributed by atoms with Crippen molar-refractivity contribution in [3.05, 3.63) is 0 Å². The van der Waals surface area contributed by atoms with Gasteiger partial charge in [0.25, 0.3) is 0 Å². The molecular weight excluding hydrogens is 186 g/mol. The van der Waals surface area contributed by atoms with E-state index in [0.29, 0.717) is 0 Å². The highest BCUT2D eigenvalue weighted by Crippen LogP contribution is 2.19. The van der Waals surface area contributed by atoms with Crippen LogP contribution < -0.4 is 0 Å². The Morgan fingerprint density at radius 2 is 1.77 bits per heavy atom. The van der Waals surface area contributed by atoms with Crippen molar-refractivity contribution in [1.29, 1.82) is 0 Å². The molecule has 0 heterocycles. The van der Waals surface area contributed by atoms with Gasteiger partial charge in [0.15, 0.2) is 0 Å². The highest BCUT2D eigenvalue weighted by molar-refractivity contribution is 8.09. The summed E-state index contributed by atoms with van der Waals surface area (Å²) in [6.07, 6.45) is 0. The minimum Gasteiger partial charge on any atom is -0.332 e. The number of carbonyl (C=O) groups excluding carboxylic acids is 1. The SMILES string of the molecule is CCN(CC)C(=O)SOC(C)(C)C. The molecule has 0 aromatic heterocycles. The summed E-state index contributed by atoms with van der Waals surface area (Å²) < 4.78 is 5.30. The largest absolute Gasteiger partial charge is 0.332 e. The molecule has 0 rings (SSSR count). The van der Waals surface area contributed by atoms with Crippen LogP contribution >= 0.6 is 12.0 Å². The summed E-state index contributed by atoms with van der Waals surface area (Å²) in [5.41, 5.74) is -0.270. The summed E-state index contributed by atoms with van der Waals surface area (Å²) >= 11 is 0.928. The first-order valence-electron chi connectivity index (χ1n) is 4.55. The Labute approximate surface area is 85.0 Å². The van der Waals surface area contributed by atoms with Gasteiger partial charge in [0.1, 0.15) is 0 Å². The van der Waals surface area contributed by atoms with Crippen LogP contribution in [0.5, 0.6) is 0 Å². The quantitative estimate of drug-likeness (QED) is 0.663. The molecule has 1 amide bonds. The Hall–Kier alpha value is -0.220. The van der Waals surface area contributed by atoms with Crippen molar-refractivity contribution in [2.75, 3.05) is 13.1 Å². The van der Waals surface area contributed by atoms with Gasteiger partial charge >= 0.3 is 5.24 Å². The second kappa shape index (κ2) is 5.50. The lowest BCUT2D eigenvalue weighted by molar-refractivity contribution is 0.161. The fourth-order valence-corrected chi connectivity index (χ4v) is 1.38. The van der Waals surface area contributed by atoms with Crippen LogP contribution in [0.15, 0.2) is 0 Å². The first-order chi connectivity index (χ1) is 5.90. The van der Waals surface area contributed by atoms with Crippen LogP contribution in [0.3, 0.4) is 0 Å². The molecule has 0 bridgehead atoms. The number of hydrogen-bond acceptors (Lipinski definition) is 3. The van der Waals surface area contributed by atoms with Gasteiger partial charge in [-0.3, -0.25) is 4.79 Å². The number of rotatable bonds is 3. The Kier molecular flexibility index (Phi) is 5.40. The number of hydrogen-bond donors (Lipinski definition) is 0. The van der Waals surface area contributed by atoms with Crippen LogP contribution in [0, 0.1) is 0 Å². The van der Waals surface area contributed by atoms with Gasteiger partial charge in [-0.15, -0.1) is 0 Å². The summed E-state index contributed by atoms with van der Waals surface area (Å²) in [4.78, 5) is 13.1. The van der Waals surface area contributed by atoms with Gasteiger partial charge in [-0.25, -0.2) is 0 Å². The van der Waals surface area contributed by atoms with E-state index in [0.717, 1.165) is 25.1 Å². The van der Waals surface area contributed by atoms with E-state index in [2.05, 4.69) is 0 Å². The molecule has 0 unspecified atom stereocenters. The molecule has 0 N–H and O–H groups in total. The summed E-state index contributed by atoms with van der Waals surface area (Å²) in [6.45, 7) is 11.2. The lowest BCUT2D eigenvalue weighted by Crippen LogP contribution is -2.28. The average Bonchev–Trinajstić information content (AvgIpc) is 2.02. The second-order valence-electron chi connectivity index (χ2n) is 3.72. The van der Waals surface area contributed by atoms with Gasteiger partial charge in [0.2, 0.25) is 0 Å². The number of amides is 1. The van der Waals surface area contributed by atoms with Gasteiger partial charge in [0, 0.05) is 13.1 Å². The summed E-state index contributed by atoms with van der Waals surface area (Å²) in [6, 6.07) is 0. The molecule has 78 valence electrons. The fraction of sp³-hybridized carbons (Fsp3) is 0.889. The summed E-state index contributed by atoms with van der Waals surface area (Å²) in [5.74, 6) is 0. The predicted molar refractivity (Wildman–Crippen MR) is 56.7 cm³/mol. The molecule has 0 spiro atoms. The van der Waals surface area contributed by atoms with E-state index in [1.807, 2.05) is 34.6 Å². The van der Waals surface area contributed by atoms with Gasteiger partial charge in [-0.05, 0) is 34.6 Å². The van der Waals surface area contributed by atoms with E-state index in [1.54, 1.807) is 4.90 Å². The van der Waals surface area contributed by atoms with E-state index in [1.165, 1.54) is 0 Å². The Bertz CT molecular complexity index is 161. The van der Waals surface area contributed by atoms with Crippen LogP contribution in [0.2, 0.25) is 0 Å². The molecule has 0 atom stereocenters. The van der Waals surface area contributed by atoms with Crippen LogP contribution in [0.4, 0.5) is 4.79 Å². The Morgan fingerprint density at radius 1 is 1.31 bits per heavy atom. The normalized spacial score (nSPS) is 11.5. The fourth-order valence-electron chi connectivity index (χ4n) is 0.695. The van der Waals surface area contributed by atoms with E-state index >= 15 is 0 Å². The van der Waals surface area contributed by atoms with Crippen molar-refractivity contribution in [3.63, 3.8) is 0 Å². The predicted octanol–water partition coefficient (Wildman–Crippen LogP) is 2.91. The van der Waals surface area contributed by atoms with Crippen molar-refractivity contribution in [2.45, 2.75) is 40.2 Å². The molecule has 0 radical (unpaired) electrons. The molecular formula is C9H19NO2S. The molecule has 0 aliphatic carbocycles. The molecule has 0 saturated heterocycles. The third-order valence-corrected chi connectivity index (χ3v) is 2.37. The Balaban J connectivity index is 3.86. The average molecular weight is 205 g/mol. The monoisotopic (exact) mass is 205 g/mol. The van der Waals surface area contributed by atoms with Gasteiger partial charge in [-0.1, -0.05) is 0 Å². The highest BCUT2D eigenvalue weighted by atomic mass is 32.2. The topological polar surface area (TPSA) is 29.5 Å². The smallest absolute Gasteiger partial charge is 0.308 e. The molecule has 0 aromatic carbocycles. The van der Waals surface area contributed by atoms with Crippen molar-refractivity contribution in [3.8, 4) is 0 Å². The lowest BCUT2D eigenvalue weighted by atomic mass is 10.2. The number of nitrogens with zero attached hydrogens (tertiary/aromatic N) is 1. The van der Waals surface area contributed by atoms with E-state index in [-0.39, 0.29) is 10.8 Å². The zero-order valence-electron chi connectivity index (χ0n) is 9.09. The van der Waals surface area contributed by atoms with Crippen molar-refractivity contribution < 1.29 is 8.98 Å². The van der Waals surface area contributed by atoms with Gasteiger partial charge in [0.05, 0.1) is 17.6 Å². The maximum atomic E-state index is 11.4. The van der Waals surface area contributed by atoms with Crippen LogP contribution in [0.1, 0.15) is 34.6 Å². The van der Waals surface area contributed by atoms with Crippen molar-refractivity contribution in [1.82, 2.24) is 4.90 Å². The summed E-state index contributed by atoms with van der Waals surface area (Å²) in [5, 5.41) is -0.0140. The Morgan fingerprint density at radius 3 is 2.08 bits per heavy atom. The molecule has 13 heavy (non-hydrogen) atoms. The minimum absolute atomic E-state index is 0.0140. The maximum absolute atomic E-state index is 11.4. The highest BCUT2D eigenvalue weighted by Gasteiger charge is 2.17. The van der Waals surface area contributed by atoms with Crippen molar-refractivity contribution >= 4 is 17.3 Å². The standard InChI is InChI=1S/C9H19NO2S/c1-6-10(7-2)8(11)13-12-9(3,4)5/h6-7H2,1-5H3. The molecule has 0 fully saturated rings. The third kappa shape index (κ3) is 5.93. The molecule has 0 aliphatic rings. The first-order valence-corrected chi connectivity index (χ1v) is 5.29. The van der Waals surface area contributed by atoms with Crippen molar-refractivity contribution in [2.24, 2.45) is 0 Å². The molecule has 0 aromatic rings. The summed E-state index contributed by atoms with van der Waals surface area (Å²) in [7, 11) is 0. The molecule has 4 heteroatoms. The zero-order chi connectivity index (χ0) is 10.5. The molecule has 0 saturated carbocycles. The number of carbonyl (C=O) groups is 1. The third-order valence-electron chi connectivity index (χ3n) is 1.38. The first kappa shape index (κ1) is 12.8. The van der Waals surface area contributed by atoms with Gasteiger partial charge in [-0.2, -0.15) is 0 Å². The minimum atomic E-state index is -0.270. The van der Waals surface area contributed by atoms with Crippen LogP contribution in [0.25, 0.3) is 0 Å². The van der Waals surface area contributed by atoms with Gasteiger partial charge < -0.3 is 9.08 Å². The zero-order valence-corrected chi connectivity index (χ0v) is 9.90. The maximum Gasteiger partial charge on any atom is 0.308 e. The van der Waals surface area contributed by atoms with E-state index < -0.39 is 0 Å². The lowest BCUT2D eigenvalue weighted by Gasteiger charge is -2.21. The molecule has 3 nitrogen and oxygen atoms in total. The van der Waals surface area contributed by atoms with E-state index in [4.69, 9.17) is 4.18 Å². The molecule has 0 aliphatic heterocycles. The second-order valence-corrected chi connectivity index (χ2v) is 4.40. The van der Waals surface area contributed by atoms with Crippen LogP contribution in [-0.2, 0) is 4.18 Å².